The van der Waals surface area contributed by atoms with E-state index in [1.54, 1.807) is 4.90 Å². The van der Waals surface area contributed by atoms with Crippen molar-refractivity contribution in [2.75, 3.05) is 19.8 Å². The van der Waals surface area contributed by atoms with Gasteiger partial charge in [0.05, 0.1) is 25.2 Å². The lowest BCUT2D eigenvalue weighted by molar-refractivity contribution is -0.130. The second kappa shape index (κ2) is 5.97. The van der Waals surface area contributed by atoms with Gasteiger partial charge in [0, 0.05) is 19.0 Å². The van der Waals surface area contributed by atoms with Crippen LogP contribution in [0, 0.1) is 5.92 Å². The Balaban J connectivity index is 2.52. The normalized spacial score (nSPS) is 20.5. The summed E-state index contributed by atoms with van der Waals surface area (Å²) < 4.78 is 0. The maximum absolute atomic E-state index is 11.8. The highest BCUT2D eigenvalue weighted by Gasteiger charge is 2.35. The molecular formula is C11H20N2O4. The van der Waals surface area contributed by atoms with Crippen LogP contribution in [0.25, 0.3) is 0 Å². The molecule has 17 heavy (non-hydrogen) atoms. The van der Waals surface area contributed by atoms with E-state index in [9.17, 15) is 9.59 Å². The van der Waals surface area contributed by atoms with Gasteiger partial charge in [-0.15, -0.1) is 0 Å². The molecule has 0 bridgehead atoms. The lowest BCUT2D eigenvalue weighted by Gasteiger charge is -2.21. The number of hydrogen-bond acceptors (Lipinski definition) is 4. The van der Waals surface area contributed by atoms with Crippen molar-refractivity contribution in [3.05, 3.63) is 0 Å². The van der Waals surface area contributed by atoms with Crippen LogP contribution >= 0.6 is 0 Å². The first-order chi connectivity index (χ1) is 7.99. The maximum Gasteiger partial charge on any atom is 0.225 e. The summed E-state index contributed by atoms with van der Waals surface area (Å²) in [4.78, 5) is 25.0. The van der Waals surface area contributed by atoms with Crippen LogP contribution in [0.2, 0.25) is 0 Å². The zero-order chi connectivity index (χ0) is 13.0. The number of aliphatic hydroxyl groups is 2. The second-order valence-corrected chi connectivity index (χ2v) is 4.61. The summed E-state index contributed by atoms with van der Waals surface area (Å²) in [6.07, 6.45) is 0.202. The average molecular weight is 244 g/mol. The summed E-state index contributed by atoms with van der Waals surface area (Å²) in [6.45, 7) is 3.60. The Labute approximate surface area is 101 Å². The minimum Gasteiger partial charge on any atom is -0.394 e. The van der Waals surface area contributed by atoms with Crippen molar-refractivity contribution in [3.8, 4) is 0 Å². The smallest absolute Gasteiger partial charge is 0.225 e. The number of nitrogens with zero attached hydrogens (tertiary/aromatic N) is 1. The fourth-order valence-corrected chi connectivity index (χ4v) is 1.87. The third-order valence-electron chi connectivity index (χ3n) is 2.94. The van der Waals surface area contributed by atoms with E-state index < -0.39 is 6.04 Å². The van der Waals surface area contributed by atoms with Crippen molar-refractivity contribution in [2.45, 2.75) is 32.4 Å². The van der Waals surface area contributed by atoms with Crippen LogP contribution in [0.15, 0.2) is 0 Å². The molecular weight excluding hydrogens is 224 g/mol. The van der Waals surface area contributed by atoms with Crippen molar-refractivity contribution in [3.63, 3.8) is 0 Å². The summed E-state index contributed by atoms with van der Waals surface area (Å²) in [5.74, 6) is -0.690. The largest absolute Gasteiger partial charge is 0.394 e. The molecule has 1 rings (SSSR count). The number of amides is 2. The van der Waals surface area contributed by atoms with Crippen molar-refractivity contribution >= 4 is 11.8 Å². The van der Waals surface area contributed by atoms with Gasteiger partial charge >= 0.3 is 0 Å². The van der Waals surface area contributed by atoms with E-state index in [1.165, 1.54) is 0 Å². The van der Waals surface area contributed by atoms with Crippen LogP contribution in [0.1, 0.15) is 20.3 Å². The van der Waals surface area contributed by atoms with Gasteiger partial charge in [0.2, 0.25) is 11.8 Å². The van der Waals surface area contributed by atoms with Gasteiger partial charge in [0.25, 0.3) is 0 Å². The Kier molecular flexibility index (Phi) is 4.89. The highest BCUT2D eigenvalue weighted by molar-refractivity contribution is 5.89. The molecule has 0 aromatic heterocycles. The number of carbonyl (C=O) groups is 2. The molecule has 1 fully saturated rings. The van der Waals surface area contributed by atoms with Gasteiger partial charge in [-0.25, -0.2) is 0 Å². The van der Waals surface area contributed by atoms with E-state index in [0.29, 0.717) is 6.54 Å². The van der Waals surface area contributed by atoms with Crippen LogP contribution in [0.4, 0.5) is 0 Å². The molecule has 3 N–H and O–H groups in total. The summed E-state index contributed by atoms with van der Waals surface area (Å²) in [5, 5.41) is 20.2. The van der Waals surface area contributed by atoms with E-state index in [4.69, 9.17) is 10.2 Å². The summed E-state index contributed by atoms with van der Waals surface area (Å²) >= 11 is 0. The number of nitrogens with one attached hydrogen (secondary N) is 1. The Morgan fingerprint density at radius 1 is 1.47 bits per heavy atom. The molecule has 1 heterocycles. The number of hydrogen-bond donors (Lipinski definition) is 3. The van der Waals surface area contributed by atoms with E-state index in [0.717, 1.165) is 0 Å². The average Bonchev–Trinajstić information content (AvgIpc) is 2.68. The van der Waals surface area contributed by atoms with Crippen LogP contribution in [0.3, 0.4) is 0 Å². The first-order valence-electron chi connectivity index (χ1n) is 5.81. The quantitative estimate of drug-likeness (QED) is 0.561. The Morgan fingerprint density at radius 2 is 2.06 bits per heavy atom. The Morgan fingerprint density at radius 3 is 2.47 bits per heavy atom. The molecule has 0 saturated carbocycles. The second-order valence-electron chi connectivity index (χ2n) is 4.61. The van der Waals surface area contributed by atoms with Crippen molar-refractivity contribution in [1.29, 1.82) is 0 Å². The van der Waals surface area contributed by atoms with Gasteiger partial charge in [-0.1, -0.05) is 0 Å². The van der Waals surface area contributed by atoms with E-state index in [-0.39, 0.29) is 43.4 Å². The molecule has 1 saturated heterocycles. The Bertz CT molecular complexity index is 289. The van der Waals surface area contributed by atoms with E-state index in [2.05, 4.69) is 5.32 Å². The lowest BCUT2D eigenvalue weighted by Crippen LogP contribution is -2.44. The molecule has 98 valence electrons. The highest BCUT2D eigenvalue weighted by atomic mass is 16.3. The van der Waals surface area contributed by atoms with E-state index >= 15 is 0 Å². The first-order valence-corrected chi connectivity index (χ1v) is 5.81. The van der Waals surface area contributed by atoms with Gasteiger partial charge in [-0.3, -0.25) is 9.59 Å². The molecule has 6 heteroatoms. The third-order valence-corrected chi connectivity index (χ3v) is 2.94. The zero-order valence-electron chi connectivity index (χ0n) is 10.2. The Hall–Kier alpha value is -1.14. The molecule has 1 unspecified atom stereocenters. The van der Waals surface area contributed by atoms with Gasteiger partial charge in [-0.2, -0.15) is 0 Å². The summed E-state index contributed by atoms with van der Waals surface area (Å²) in [7, 11) is 0. The van der Waals surface area contributed by atoms with Crippen molar-refractivity contribution < 1.29 is 19.8 Å². The van der Waals surface area contributed by atoms with Crippen LogP contribution < -0.4 is 5.32 Å². The zero-order valence-corrected chi connectivity index (χ0v) is 10.2. The predicted octanol–water partition coefficient (Wildman–Crippen LogP) is -1.29. The van der Waals surface area contributed by atoms with Crippen LogP contribution in [0.5, 0.6) is 0 Å². The number of likely N-dealkylation sites (tertiary alicyclic amines) is 1. The minimum absolute atomic E-state index is 0.0234. The predicted molar refractivity (Wildman–Crippen MR) is 61.1 cm³/mol. The molecule has 1 aliphatic heterocycles. The topological polar surface area (TPSA) is 89.9 Å². The molecule has 0 aromatic rings. The molecule has 0 aliphatic carbocycles. The standard InChI is InChI=1S/C11H20N2O4/c1-7(2)13-4-8(3-10(13)16)11(17)12-9(5-14)6-15/h7-9,14-15H,3-6H2,1-2H3,(H,12,17). The number of rotatable bonds is 5. The summed E-state index contributed by atoms with van der Waals surface area (Å²) in [5.41, 5.74) is 0. The molecule has 1 atom stereocenters. The van der Waals surface area contributed by atoms with Gasteiger partial charge in [0.15, 0.2) is 0 Å². The van der Waals surface area contributed by atoms with Gasteiger partial charge < -0.3 is 20.4 Å². The molecule has 0 radical (unpaired) electrons. The van der Waals surface area contributed by atoms with Crippen LogP contribution in [-0.2, 0) is 9.59 Å². The molecule has 1 aliphatic rings. The summed E-state index contributed by atoms with van der Waals surface area (Å²) in [6, 6.07) is -0.558. The highest BCUT2D eigenvalue weighted by Crippen LogP contribution is 2.20. The first kappa shape index (κ1) is 13.9. The minimum atomic E-state index is -0.647. The lowest BCUT2D eigenvalue weighted by atomic mass is 10.1. The molecule has 6 nitrogen and oxygen atoms in total. The monoisotopic (exact) mass is 244 g/mol. The van der Waals surface area contributed by atoms with Gasteiger partial charge in [-0.05, 0) is 13.8 Å². The van der Waals surface area contributed by atoms with Crippen molar-refractivity contribution in [1.82, 2.24) is 10.2 Å². The molecule has 0 aromatic carbocycles. The van der Waals surface area contributed by atoms with Gasteiger partial charge in [0.1, 0.15) is 0 Å². The fraction of sp³-hybridized carbons (Fsp3) is 0.818. The number of aliphatic hydroxyl groups excluding tert-OH is 2. The van der Waals surface area contributed by atoms with Crippen LogP contribution in [-0.4, -0.2) is 58.8 Å². The van der Waals surface area contributed by atoms with Crippen molar-refractivity contribution in [2.24, 2.45) is 5.92 Å². The fourth-order valence-electron chi connectivity index (χ4n) is 1.87. The molecule has 0 spiro atoms. The number of carbonyl (C=O) groups excluding carboxylic acids is 2. The maximum atomic E-state index is 11.8. The van der Waals surface area contributed by atoms with E-state index in [1.807, 2.05) is 13.8 Å². The third kappa shape index (κ3) is 3.41. The SMILES string of the molecule is CC(C)N1CC(C(=O)NC(CO)CO)CC1=O. The molecule has 2 amide bonds.